The zero-order valence-electron chi connectivity index (χ0n) is 19.5. The second-order valence-corrected chi connectivity index (χ2v) is 9.02. The number of carbonyl (C=O) groups is 1. The van der Waals surface area contributed by atoms with Crippen molar-refractivity contribution in [1.29, 1.82) is 5.41 Å². The van der Waals surface area contributed by atoms with E-state index in [1.807, 2.05) is 45.0 Å². The summed E-state index contributed by atoms with van der Waals surface area (Å²) >= 11 is 1.33. The maximum Gasteiger partial charge on any atom is 0.283 e. The average molecular weight is 479 g/mol. The van der Waals surface area contributed by atoms with Crippen LogP contribution in [0, 0.1) is 18.3 Å². The number of carbonyl (C=O) groups excluding carboxylic acids is 1. The molecule has 2 aliphatic rings. The standard InChI is InChI=1S/C25H26N4O4S/c1-15(2)24-28-29-22(26)19(23(30)27-25(29)34-24)13-17-7-10-20(21(14-17)31-4)33-12-11-32-18-8-5-16(3)6-9-18/h5-10,13-15,26H,11-12H2,1-4H3/b19-13-,26-22?. The summed E-state index contributed by atoms with van der Waals surface area (Å²) in [7, 11) is 1.55. The van der Waals surface area contributed by atoms with Gasteiger partial charge in [-0.25, -0.2) is 0 Å². The van der Waals surface area contributed by atoms with Gasteiger partial charge in [0.1, 0.15) is 24.0 Å². The molecule has 176 valence electrons. The molecular weight excluding hydrogens is 452 g/mol. The molecule has 0 bridgehead atoms. The summed E-state index contributed by atoms with van der Waals surface area (Å²) in [6.07, 6.45) is 1.62. The van der Waals surface area contributed by atoms with Crippen LogP contribution in [0.25, 0.3) is 6.08 Å². The lowest BCUT2D eigenvalue weighted by Gasteiger charge is -2.20. The lowest BCUT2D eigenvalue weighted by molar-refractivity contribution is -0.114. The highest BCUT2D eigenvalue weighted by atomic mass is 32.2. The number of nitrogens with one attached hydrogen (secondary N) is 1. The lowest BCUT2D eigenvalue weighted by atomic mass is 10.1. The van der Waals surface area contributed by atoms with E-state index in [9.17, 15) is 4.79 Å². The number of nitrogens with zero attached hydrogens (tertiary/aromatic N) is 3. The van der Waals surface area contributed by atoms with Gasteiger partial charge in [-0.05, 0) is 54.6 Å². The van der Waals surface area contributed by atoms with Crippen LogP contribution in [0.1, 0.15) is 25.0 Å². The van der Waals surface area contributed by atoms with Crippen LogP contribution in [0.15, 0.2) is 58.1 Å². The van der Waals surface area contributed by atoms with Gasteiger partial charge in [-0.2, -0.15) is 15.1 Å². The molecule has 9 heteroatoms. The number of methoxy groups -OCH3 is 1. The molecule has 2 aromatic carbocycles. The molecule has 0 unspecified atom stereocenters. The first-order valence-corrected chi connectivity index (χ1v) is 11.7. The van der Waals surface area contributed by atoms with Crippen LogP contribution in [-0.4, -0.2) is 47.3 Å². The van der Waals surface area contributed by atoms with Gasteiger partial charge in [-0.3, -0.25) is 10.2 Å². The number of hydrogen-bond acceptors (Lipinski definition) is 7. The summed E-state index contributed by atoms with van der Waals surface area (Å²) in [4.78, 5) is 16.7. The van der Waals surface area contributed by atoms with Crippen molar-refractivity contribution < 1.29 is 19.0 Å². The Morgan fingerprint density at radius 1 is 1.09 bits per heavy atom. The van der Waals surface area contributed by atoms with E-state index in [2.05, 4.69) is 10.1 Å². The first-order chi connectivity index (χ1) is 16.4. The zero-order chi connectivity index (χ0) is 24.2. The van der Waals surface area contributed by atoms with Crippen LogP contribution in [0.3, 0.4) is 0 Å². The minimum absolute atomic E-state index is 0.00528. The molecule has 0 fully saturated rings. The predicted octanol–water partition coefficient (Wildman–Crippen LogP) is 4.74. The molecule has 0 radical (unpaired) electrons. The monoisotopic (exact) mass is 478 g/mol. The van der Waals surface area contributed by atoms with E-state index in [1.165, 1.54) is 22.3 Å². The van der Waals surface area contributed by atoms with Gasteiger partial charge in [0.15, 0.2) is 17.3 Å². The van der Waals surface area contributed by atoms with Crippen molar-refractivity contribution in [2.45, 2.75) is 20.8 Å². The molecule has 2 heterocycles. The SMILES string of the molecule is COc1cc(/C=C2/C(=N)N3N=C(C(C)C)SC3=NC2=O)ccc1OCCOc1ccc(C)cc1. The molecule has 0 spiro atoms. The molecule has 2 aromatic rings. The van der Waals surface area contributed by atoms with Crippen molar-refractivity contribution in [2.75, 3.05) is 20.3 Å². The fourth-order valence-electron chi connectivity index (χ4n) is 3.25. The Balaban J connectivity index is 1.44. The van der Waals surface area contributed by atoms with Gasteiger partial charge in [0.2, 0.25) is 5.17 Å². The molecule has 0 aliphatic carbocycles. The Morgan fingerprint density at radius 3 is 2.53 bits per heavy atom. The first-order valence-electron chi connectivity index (χ1n) is 10.9. The number of thioether (sulfide) groups is 1. The molecule has 0 aromatic heterocycles. The third-order valence-electron chi connectivity index (χ3n) is 5.09. The summed E-state index contributed by atoms with van der Waals surface area (Å²) in [5.74, 6) is 1.59. The fourth-order valence-corrected chi connectivity index (χ4v) is 4.14. The molecule has 34 heavy (non-hydrogen) atoms. The fraction of sp³-hybridized carbons (Fsp3) is 0.280. The number of aryl methyl sites for hydroxylation is 1. The van der Waals surface area contributed by atoms with Crippen molar-refractivity contribution in [1.82, 2.24) is 5.01 Å². The van der Waals surface area contributed by atoms with E-state index in [0.717, 1.165) is 10.8 Å². The Hall–Kier alpha value is -3.59. The summed E-state index contributed by atoms with van der Waals surface area (Å²) in [6, 6.07) is 13.2. The quantitative estimate of drug-likeness (QED) is 0.435. The van der Waals surface area contributed by atoms with E-state index < -0.39 is 5.91 Å². The van der Waals surface area contributed by atoms with Gasteiger partial charge in [0, 0.05) is 5.92 Å². The summed E-state index contributed by atoms with van der Waals surface area (Å²) in [6.45, 7) is 6.78. The number of rotatable bonds is 8. The van der Waals surface area contributed by atoms with Gasteiger partial charge in [-0.1, -0.05) is 37.6 Å². The summed E-state index contributed by atoms with van der Waals surface area (Å²) in [5, 5.41) is 15.6. The number of hydrogen-bond donors (Lipinski definition) is 1. The normalized spacial score (nSPS) is 16.5. The average Bonchev–Trinajstić information content (AvgIpc) is 3.25. The lowest BCUT2D eigenvalue weighted by Crippen LogP contribution is -2.35. The Bertz CT molecular complexity index is 1200. The van der Waals surface area contributed by atoms with Crippen LogP contribution < -0.4 is 14.2 Å². The molecule has 8 nitrogen and oxygen atoms in total. The molecule has 1 N–H and O–H groups in total. The van der Waals surface area contributed by atoms with Crippen molar-refractivity contribution in [3.05, 3.63) is 59.2 Å². The van der Waals surface area contributed by atoms with Crippen LogP contribution in [0.2, 0.25) is 0 Å². The molecule has 2 aliphatic heterocycles. The van der Waals surface area contributed by atoms with E-state index in [4.69, 9.17) is 19.6 Å². The van der Waals surface area contributed by atoms with E-state index >= 15 is 0 Å². The predicted molar refractivity (Wildman–Crippen MR) is 135 cm³/mol. The molecule has 4 rings (SSSR count). The second-order valence-electron chi connectivity index (χ2n) is 8.03. The van der Waals surface area contributed by atoms with Gasteiger partial charge in [0.05, 0.1) is 12.7 Å². The van der Waals surface area contributed by atoms with E-state index in [-0.39, 0.29) is 17.3 Å². The molecule has 0 atom stereocenters. The number of amidine groups is 2. The van der Waals surface area contributed by atoms with Crippen molar-refractivity contribution in [2.24, 2.45) is 16.0 Å². The largest absolute Gasteiger partial charge is 0.493 e. The minimum atomic E-state index is -0.462. The number of hydrazone groups is 1. The number of fused-ring (bicyclic) bond motifs is 1. The van der Waals surface area contributed by atoms with Crippen LogP contribution >= 0.6 is 11.8 Å². The molecule has 0 saturated carbocycles. The van der Waals surface area contributed by atoms with Crippen LogP contribution in [0.4, 0.5) is 0 Å². The molecule has 0 saturated heterocycles. The van der Waals surface area contributed by atoms with Crippen LogP contribution in [-0.2, 0) is 4.79 Å². The van der Waals surface area contributed by atoms with E-state index in [0.29, 0.717) is 35.4 Å². The summed E-state index contributed by atoms with van der Waals surface area (Å²) in [5.41, 5.74) is 2.03. The number of amides is 1. The smallest absolute Gasteiger partial charge is 0.283 e. The van der Waals surface area contributed by atoms with E-state index in [1.54, 1.807) is 31.4 Å². The minimum Gasteiger partial charge on any atom is -0.493 e. The van der Waals surface area contributed by atoms with Gasteiger partial charge < -0.3 is 14.2 Å². The molecule has 1 amide bonds. The maximum atomic E-state index is 12.6. The third kappa shape index (κ3) is 5.14. The van der Waals surface area contributed by atoms with Gasteiger partial charge in [-0.15, -0.1) is 0 Å². The first kappa shape index (κ1) is 23.6. The Labute approximate surface area is 202 Å². The molecular formula is C25H26N4O4S. The van der Waals surface area contributed by atoms with Crippen molar-refractivity contribution in [3.63, 3.8) is 0 Å². The number of ether oxygens (including phenoxy) is 3. The Kier molecular flexibility index (Phi) is 7.02. The number of benzene rings is 2. The topological polar surface area (TPSA) is 96.6 Å². The second kappa shape index (κ2) is 10.1. The third-order valence-corrected chi connectivity index (χ3v) is 6.30. The zero-order valence-corrected chi connectivity index (χ0v) is 20.3. The highest BCUT2D eigenvalue weighted by Gasteiger charge is 2.36. The van der Waals surface area contributed by atoms with Crippen LogP contribution in [0.5, 0.6) is 17.2 Å². The maximum absolute atomic E-state index is 12.6. The van der Waals surface area contributed by atoms with Crippen molar-refractivity contribution in [3.8, 4) is 17.2 Å². The number of aliphatic imine (C=N–C) groups is 1. The van der Waals surface area contributed by atoms with Crippen molar-refractivity contribution >= 4 is 39.8 Å². The summed E-state index contributed by atoms with van der Waals surface area (Å²) < 4.78 is 17.0. The Morgan fingerprint density at radius 2 is 1.82 bits per heavy atom. The van der Waals surface area contributed by atoms with Gasteiger partial charge >= 0.3 is 0 Å². The highest BCUT2D eigenvalue weighted by molar-refractivity contribution is 8.27. The van der Waals surface area contributed by atoms with Gasteiger partial charge in [0.25, 0.3) is 5.91 Å². The highest BCUT2D eigenvalue weighted by Crippen LogP contribution is 2.32.